The van der Waals surface area contributed by atoms with Crippen LogP contribution in [0.1, 0.15) is 40.3 Å². The summed E-state index contributed by atoms with van der Waals surface area (Å²) in [5.74, 6) is 1.21. The second-order valence-corrected chi connectivity index (χ2v) is 6.99. The SMILES string of the molecule is N#Cc1cc(-c2ccnc(Cc3ccnc(C=O)c3)n2)ccc1OC1CCOCC1. The molecule has 0 spiro atoms. The van der Waals surface area contributed by atoms with E-state index in [1.165, 1.54) is 0 Å². The number of aldehydes is 1. The molecule has 1 fully saturated rings. The molecule has 4 rings (SSSR count). The summed E-state index contributed by atoms with van der Waals surface area (Å²) >= 11 is 0. The number of ether oxygens (including phenoxy) is 2. The first-order valence-electron chi connectivity index (χ1n) is 9.76. The number of nitrogens with zero attached hydrogens (tertiary/aromatic N) is 4. The van der Waals surface area contributed by atoms with Gasteiger partial charge in [-0.25, -0.2) is 9.97 Å². The Balaban J connectivity index is 1.55. The Morgan fingerprint density at radius 2 is 1.97 bits per heavy atom. The van der Waals surface area contributed by atoms with Gasteiger partial charge < -0.3 is 9.47 Å². The molecule has 0 unspecified atom stereocenters. The van der Waals surface area contributed by atoms with Crippen LogP contribution in [0.15, 0.2) is 48.8 Å². The molecule has 3 heterocycles. The van der Waals surface area contributed by atoms with Crippen molar-refractivity contribution in [3.8, 4) is 23.1 Å². The van der Waals surface area contributed by atoms with E-state index in [0.29, 0.717) is 48.8 Å². The van der Waals surface area contributed by atoms with Gasteiger partial charge in [-0.15, -0.1) is 0 Å². The summed E-state index contributed by atoms with van der Waals surface area (Å²) in [4.78, 5) is 23.9. The first-order valence-corrected chi connectivity index (χ1v) is 9.76. The van der Waals surface area contributed by atoms with Gasteiger partial charge in [0.25, 0.3) is 0 Å². The van der Waals surface area contributed by atoms with Gasteiger partial charge in [-0.2, -0.15) is 5.26 Å². The molecule has 0 radical (unpaired) electrons. The Morgan fingerprint density at radius 3 is 2.77 bits per heavy atom. The van der Waals surface area contributed by atoms with Crippen molar-refractivity contribution in [2.75, 3.05) is 13.2 Å². The third kappa shape index (κ3) is 4.67. The van der Waals surface area contributed by atoms with Crippen LogP contribution < -0.4 is 4.74 Å². The fraction of sp³-hybridized carbons (Fsp3) is 0.261. The lowest BCUT2D eigenvalue weighted by Gasteiger charge is -2.23. The zero-order chi connectivity index (χ0) is 20.8. The molecule has 0 saturated carbocycles. The topological polar surface area (TPSA) is 98.0 Å². The first kappa shape index (κ1) is 19.7. The van der Waals surface area contributed by atoms with E-state index >= 15 is 0 Å². The van der Waals surface area contributed by atoms with Crippen LogP contribution in [0.3, 0.4) is 0 Å². The summed E-state index contributed by atoms with van der Waals surface area (Å²) in [6.07, 6.45) is 6.20. The molecule has 3 aromatic rings. The van der Waals surface area contributed by atoms with E-state index in [-0.39, 0.29) is 6.10 Å². The Labute approximate surface area is 174 Å². The highest BCUT2D eigenvalue weighted by atomic mass is 16.5. The number of hydrogen-bond acceptors (Lipinski definition) is 7. The van der Waals surface area contributed by atoms with Crippen molar-refractivity contribution in [1.82, 2.24) is 15.0 Å². The van der Waals surface area contributed by atoms with Crippen LogP contribution >= 0.6 is 0 Å². The number of carbonyl (C=O) groups is 1. The third-order valence-corrected chi connectivity index (χ3v) is 4.89. The number of hydrogen-bond donors (Lipinski definition) is 0. The number of nitriles is 1. The molecule has 30 heavy (non-hydrogen) atoms. The lowest BCUT2D eigenvalue weighted by atomic mass is 10.1. The fourth-order valence-corrected chi connectivity index (χ4v) is 3.35. The molecule has 2 aromatic heterocycles. The first-order chi connectivity index (χ1) is 14.7. The monoisotopic (exact) mass is 400 g/mol. The largest absolute Gasteiger partial charge is 0.489 e. The van der Waals surface area contributed by atoms with Gasteiger partial charge in [-0.1, -0.05) is 0 Å². The number of benzene rings is 1. The minimum atomic E-state index is 0.0685. The number of aromatic nitrogens is 3. The number of pyridine rings is 1. The second-order valence-electron chi connectivity index (χ2n) is 6.99. The predicted molar refractivity (Wildman–Crippen MR) is 109 cm³/mol. The molecule has 7 heteroatoms. The van der Waals surface area contributed by atoms with Crippen LogP contribution in [-0.4, -0.2) is 40.6 Å². The lowest BCUT2D eigenvalue weighted by Crippen LogP contribution is -2.26. The van der Waals surface area contributed by atoms with E-state index in [9.17, 15) is 10.1 Å². The summed E-state index contributed by atoms with van der Waals surface area (Å²) in [7, 11) is 0. The van der Waals surface area contributed by atoms with Gasteiger partial charge in [0, 0.05) is 37.2 Å². The maximum atomic E-state index is 10.9. The van der Waals surface area contributed by atoms with Crippen LogP contribution in [0, 0.1) is 11.3 Å². The van der Waals surface area contributed by atoms with Crippen molar-refractivity contribution >= 4 is 6.29 Å². The van der Waals surface area contributed by atoms with E-state index in [2.05, 4.69) is 21.0 Å². The summed E-state index contributed by atoms with van der Waals surface area (Å²) in [6, 6.07) is 13.1. The Kier molecular flexibility index (Phi) is 6.06. The maximum absolute atomic E-state index is 10.9. The zero-order valence-electron chi connectivity index (χ0n) is 16.3. The van der Waals surface area contributed by atoms with Gasteiger partial charge in [-0.05, 0) is 42.0 Å². The molecule has 7 nitrogen and oxygen atoms in total. The summed E-state index contributed by atoms with van der Waals surface area (Å²) < 4.78 is 11.4. The van der Waals surface area contributed by atoms with Crippen molar-refractivity contribution in [3.63, 3.8) is 0 Å². The molecule has 1 saturated heterocycles. The average Bonchev–Trinajstić information content (AvgIpc) is 2.80. The van der Waals surface area contributed by atoms with Crippen molar-refractivity contribution in [1.29, 1.82) is 5.26 Å². The Bertz CT molecular complexity index is 1090. The van der Waals surface area contributed by atoms with Crippen molar-refractivity contribution in [2.24, 2.45) is 0 Å². The summed E-state index contributed by atoms with van der Waals surface area (Å²) in [6.45, 7) is 1.36. The molecule has 0 atom stereocenters. The minimum Gasteiger partial charge on any atom is -0.489 e. The number of carbonyl (C=O) groups excluding carboxylic acids is 1. The third-order valence-electron chi connectivity index (χ3n) is 4.89. The number of rotatable bonds is 6. The van der Waals surface area contributed by atoms with Gasteiger partial charge in [0.2, 0.25) is 0 Å². The smallest absolute Gasteiger partial charge is 0.168 e. The molecular weight excluding hydrogens is 380 g/mol. The van der Waals surface area contributed by atoms with Gasteiger partial charge in [0.1, 0.15) is 29.4 Å². The van der Waals surface area contributed by atoms with E-state index in [1.807, 2.05) is 24.3 Å². The molecule has 1 aromatic carbocycles. The van der Waals surface area contributed by atoms with Gasteiger partial charge in [0.05, 0.1) is 24.5 Å². The molecule has 0 amide bonds. The molecule has 1 aliphatic rings. The maximum Gasteiger partial charge on any atom is 0.168 e. The van der Waals surface area contributed by atoms with Gasteiger partial charge in [0.15, 0.2) is 6.29 Å². The molecule has 1 aliphatic heterocycles. The van der Waals surface area contributed by atoms with Crippen LogP contribution in [-0.2, 0) is 11.2 Å². The van der Waals surface area contributed by atoms with Gasteiger partial charge >= 0.3 is 0 Å². The van der Waals surface area contributed by atoms with Crippen LogP contribution in [0.25, 0.3) is 11.3 Å². The van der Waals surface area contributed by atoms with E-state index in [1.54, 1.807) is 24.5 Å². The van der Waals surface area contributed by atoms with E-state index < -0.39 is 0 Å². The molecule has 0 bridgehead atoms. The van der Waals surface area contributed by atoms with Crippen molar-refractivity contribution < 1.29 is 14.3 Å². The van der Waals surface area contributed by atoms with Crippen LogP contribution in [0.5, 0.6) is 5.75 Å². The van der Waals surface area contributed by atoms with Gasteiger partial charge in [-0.3, -0.25) is 9.78 Å². The molecule has 0 aliphatic carbocycles. The zero-order valence-corrected chi connectivity index (χ0v) is 16.3. The second kappa shape index (κ2) is 9.25. The average molecular weight is 400 g/mol. The summed E-state index contributed by atoms with van der Waals surface area (Å²) in [5.41, 5.74) is 3.30. The van der Waals surface area contributed by atoms with Crippen molar-refractivity contribution in [2.45, 2.75) is 25.4 Å². The van der Waals surface area contributed by atoms with Crippen molar-refractivity contribution in [3.05, 3.63) is 71.4 Å². The Morgan fingerprint density at radius 1 is 1.13 bits per heavy atom. The Hall–Kier alpha value is -3.63. The molecular formula is C23H20N4O3. The summed E-state index contributed by atoms with van der Waals surface area (Å²) in [5, 5.41) is 9.60. The minimum absolute atomic E-state index is 0.0685. The normalized spacial score (nSPS) is 14.1. The lowest BCUT2D eigenvalue weighted by molar-refractivity contribution is 0.0254. The molecule has 150 valence electrons. The highest BCUT2D eigenvalue weighted by Gasteiger charge is 2.17. The van der Waals surface area contributed by atoms with Crippen LogP contribution in [0.4, 0.5) is 0 Å². The van der Waals surface area contributed by atoms with E-state index in [4.69, 9.17) is 9.47 Å². The fourth-order valence-electron chi connectivity index (χ4n) is 3.35. The van der Waals surface area contributed by atoms with E-state index in [0.717, 1.165) is 29.7 Å². The molecule has 0 N–H and O–H groups in total. The van der Waals surface area contributed by atoms with Crippen LogP contribution in [0.2, 0.25) is 0 Å². The standard InChI is InChI=1S/C23H20N4O3/c24-14-18-13-17(1-2-22(18)30-20-5-9-29-10-6-20)21-4-8-26-23(27-21)12-16-3-7-25-19(11-16)15-28/h1-4,7-8,11,13,15,20H,5-6,9-10,12H2. The quantitative estimate of drug-likeness (QED) is 0.585. The highest BCUT2D eigenvalue weighted by Crippen LogP contribution is 2.27. The highest BCUT2D eigenvalue weighted by molar-refractivity contribution is 5.71. The predicted octanol–water partition coefficient (Wildman–Crippen LogP) is 3.37.